The minimum atomic E-state index is 0.363. The van der Waals surface area contributed by atoms with Crippen LogP contribution in [0.25, 0.3) is 0 Å². The van der Waals surface area contributed by atoms with Crippen molar-refractivity contribution in [1.82, 2.24) is 9.80 Å². The molecule has 0 amide bonds. The Morgan fingerprint density at radius 2 is 2.20 bits per heavy atom. The maximum Gasteiger partial charge on any atom is 0.0593 e. The van der Waals surface area contributed by atoms with Crippen LogP contribution in [-0.4, -0.2) is 55.7 Å². The lowest BCUT2D eigenvalue weighted by molar-refractivity contribution is 0.00364. The average molecular weight is 294 g/mol. The first-order valence-electron chi connectivity index (χ1n) is 7.84. The highest BCUT2D eigenvalue weighted by Gasteiger charge is 2.38. The fourth-order valence-corrected chi connectivity index (χ4v) is 4.41. The molecule has 2 aliphatic heterocycles. The number of thiophene rings is 1. The van der Waals surface area contributed by atoms with Gasteiger partial charge in [0.25, 0.3) is 0 Å². The summed E-state index contributed by atoms with van der Waals surface area (Å²) in [5.41, 5.74) is 0.363. The average Bonchev–Trinajstić information content (AvgIpc) is 2.88. The van der Waals surface area contributed by atoms with Crippen LogP contribution in [-0.2, 0) is 11.3 Å². The van der Waals surface area contributed by atoms with E-state index in [1.807, 2.05) is 11.3 Å². The Balaban J connectivity index is 1.66. The summed E-state index contributed by atoms with van der Waals surface area (Å²) in [5.74, 6) is 0. The van der Waals surface area contributed by atoms with Crippen molar-refractivity contribution < 1.29 is 4.74 Å². The molecular formula is C16H26N2OS. The molecule has 2 fully saturated rings. The van der Waals surface area contributed by atoms with Gasteiger partial charge in [0.1, 0.15) is 0 Å². The molecule has 1 spiro atoms. The Hall–Kier alpha value is -0.420. The summed E-state index contributed by atoms with van der Waals surface area (Å²) in [6, 6.07) is 4.42. The van der Waals surface area contributed by atoms with Gasteiger partial charge in [-0.1, -0.05) is 13.0 Å². The maximum absolute atomic E-state index is 5.94. The monoisotopic (exact) mass is 294 g/mol. The fourth-order valence-electron chi connectivity index (χ4n) is 3.67. The molecule has 0 saturated carbocycles. The van der Waals surface area contributed by atoms with Gasteiger partial charge in [-0.15, -0.1) is 11.3 Å². The van der Waals surface area contributed by atoms with Crippen molar-refractivity contribution in [2.45, 2.75) is 26.3 Å². The molecule has 1 aromatic heterocycles. The SMILES string of the molecule is CCN1CCOC[C@@]2(CCCN(Cc3cccs3)C2)C1. The molecule has 3 rings (SSSR count). The zero-order chi connectivity index (χ0) is 13.8. The van der Waals surface area contributed by atoms with Crippen molar-refractivity contribution in [3.63, 3.8) is 0 Å². The van der Waals surface area contributed by atoms with Crippen LogP contribution in [0, 0.1) is 5.41 Å². The van der Waals surface area contributed by atoms with Crippen LogP contribution in [0.5, 0.6) is 0 Å². The normalized spacial score (nSPS) is 29.6. The number of hydrogen-bond acceptors (Lipinski definition) is 4. The van der Waals surface area contributed by atoms with Crippen LogP contribution in [0.3, 0.4) is 0 Å². The third kappa shape index (κ3) is 3.42. The Morgan fingerprint density at radius 3 is 3.00 bits per heavy atom. The highest BCUT2D eigenvalue weighted by Crippen LogP contribution is 2.33. The van der Waals surface area contributed by atoms with Gasteiger partial charge in [0, 0.05) is 36.5 Å². The molecule has 0 bridgehead atoms. The van der Waals surface area contributed by atoms with E-state index in [-0.39, 0.29) is 0 Å². The molecule has 20 heavy (non-hydrogen) atoms. The van der Waals surface area contributed by atoms with Crippen molar-refractivity contribution in [3.05, 3.63) is 22.4 Å². The number of hydrogen-bond donors (Lipinski definition) is 0. The number of likely N-dealkylation sites (tertiary alicyclic amines) is 1. The first-order valence-corrected chi connectivity index (χ1v) is 8.72. The van der Waals surface area contributed by atoms with E-state index in [9.17, 15) is 0 Å². The summed E-state index contributed by atoms with van der Waals surface area (Å²) in [6.07, 6.45) is 2.64. The standard InChI is InChI=1S/C16H26N2OS/c1-2-17-8-9-19-14-16(12-17)6-4-7-18(13-16)11-15-5-3-10-20-15/h3,5,10H,2,4,6-9,11-14H2,1H3/t16-/m0/s1. The van der Waals surface area contributed by atoms with Crippen LogP contribution < -0.4 is 0 Å². The molecule has 1 atom stereocenters. The zero-order valence-electron chi connectivity index (χ0n) is 12.5. The molecule has 2 aliphatic rings. The van der Waals surface area contributed by atoms with Gasteiger partial charge < -0.3 is 9.64 Å². The lowest BCUT2D eigenvalue weighted by Gasteiger charge is -2.43. The Kier molecular flexibility index (Phi) is 4.76. The van der Waals surface area contributed by atoms with Gasteiger partial charge in [-0.25, -0.2) is 0 Å². The molecule has 0 N–H and O–H groups in total. The van der Waals surface area contributed by atoms with E-state index in [0.717, 1.165) is 32.8 Å². The number of nitrogens with zero attached hydrogens (tertiary/aromatic N) is 2. The summed E-state index contributed by atoms with van der Waals surface area (Å²) in [7, 11) is 0. The molecule has 0 aliphatic carbocycles. The maximum atomic E-state index is 5.94. The van der Waals surface area contributed by atoms with Gasteiger partial charge in [-0.05, 0) is 37.4 Å². The molecule has 3 nitrogen and oxygen atoms in total. The molecule has 0 radical (unpaired) electrons. The third-order valence-electron chi connectivity index (χ3n) is 4.67. The van der Waals surface area contributed by atoms with E-state index in [2.05, 4.69) is 34.2 Å². The topological polar surface area (TPSA) is 15.7 Å². The smallest absolute Gasteiger partial charge is 0.0593 e. The fraction of sp³-hybridized carbons (Fsp3) is 0.750. The van der Waals surface area contributed by atoms with E-state index >= 15 is 0 Å². The first-order chi connectivity index (χ1) is 9.80. The predicted octanol–water partition coefficient (Wildman–Crippen LogP) is 2.68. The van der Waals surface area contributed by atoms with Crippen LogP contribution in [0.2, 0.25) is 0 Å². The number of likely N-dealkylation sites (N-methyl/N-ethyl adjacent to an activating group) is 1. The van der Waals surface area contributed by atoms with E-state index < -0.39 is 0 Å². The van der Waals surface area contributed by atoms with E-state index in [4.69, 9.17) is 4.74 Å². The molecule has 4 heteroatoms. The Labute approximate surface area is 126 Å². The van der Waals surface area contributed by atoms with Crippen molar-refractivity contribution >= 4 is 11.3 Å². The molecule has 112 valence electrons. The minimum Gasteiger partial charge on any atom is -0.379 e. The summed E-state index contributed by atoms with van der Waals surface area (Å²) in [5, 5.41) is 2.18. The quantitative estimate of drug-likeness (QED) is 0.852. The predicted molar refractivity (Wildman–Crippen MR) is 84.2 cm³/mol. The largest absolute Gasteiger partial charge is 0.379 e. The lowest BCUT2D eigenvalue weighted by atomic mass is 9.80. The first kappa shape index (κ1) is 14.5. The van der Waals surface area contributed by atoms with Gasteiger partial charge in [0.15, 0.2) is 0 Å². The zero-order valence-corrected chi connectivity index (χ0v) is 13.3. The Bertz CT molecular complexity index is 409. The molecule has 0 unspecified atom stereocenters. The minimum absolute atomic E-state index is 0.363. The second-order valence-corrected chi connectivity index (χ2v) is 7.35. The van der Waals surface area contributed by atoms with Crippen molar-refractivity contribution in [1.29, 1.82) is 0 Å². The lowest BCUT2D eigenvalue weighted by Crippen LogP contribution is -2.50. The highest BCUT2D eigenvalue weighted by molar-refractivity contribution is 7.09. The van der Waals surface area contributed by atoms with Crippen molar-refractivity contribution in [2.24, 2.45) is 5.41 Å². The van der Waals surface area contributed by atoms with Gasteiger partial charge in [0.2, 0.25) is 0 Å². The summed E-state index contributed by atoms with van der Waals surface area (Å²) in [6.45, 7) is 11.1. The van der Waals surface area contributed by atoms with Crippen LogP contribution >= 0.6 is 11.3 Å². The van der Waals surface area contributed by atoms with Crippen molar-refractivity contribution in [3.8, 4) is 0 Å². The van der Waals surface area contributed by atoms with Gasteiger partial charge >= 0.3 is 0 Å². The molecular weight excluding hydrogens is 268 g/mol. The summed E-state index contributed by atoms with van der Waals surface area (Å²) < 4.78 is 5.94. The number of ether oxygens (including phenoxy) is 1. The van der Waals surface area contributed by atoms with Gasteiger partial charge in [0.05, 0.1) is 13.2 Å². The number of piperidine rings is 1. The third-order valence-corrected chi connectivity index (χ3v) is 5.53. The van der Waals surface area contributed by atoms with E-state index in [1.54, 1.807) is 0 Å². The molecule has 2 saturated heterocycles. The van der Waals surface area contributed by atoms with Crippen molar-refractivity contribution in [2.75, 3.05) is 45.9 Å². The highest BCUT2D eigenvalue weighted by atomic mass is 32.1. The van der Waals surface area contributed by atoms with Crippen LogP contribution in [0.1, 0.15) is 24.6 Å². The molecule has 1 aromatic rings. The second kappa shape index (κ2) is 6.56. The van der Waals surface area contributed by atoms with Crippen LogP contribution in [0.4, 0.5) is 0 Å². The van der Waals surface area contributed by atoms with Crippen LogP contribution in [0.15, 0.2) is 17.5 Å². The summed E-state index contributed by atoms with van der Waals surface area (Å²) in [4.78, 5) is 6.70. The molecule has 0 aromatic carbocycles. The second-order valence-electron chi connectivity index (χ2n) is 6.31. The molecule has 3 heterocycles. The van der Waals surface area contributed by atoms with E-state index in [0.29, 0.717) is 5.41 Å². The number of rotatable bonds is 3. The van der Waals surface area contributed by atoms with Gasteiger partial charge in [-0.2, -0.15) is 0 Å². The Morgan fingerprint density at radius 1 is 1.30 bits per heavy atom. The summed E-state index contributed by atoms with van der Waals surface area (Å²) >= 11 is 1.88. The van der Waals surface area contributed by atoms with E-state index in [1.165, 1.54) is 37.4 Å². The van der Waals surface area contributed by atoms with Gasteiger partial charge in [-0.3, -0.25) is 4.90 Å².